The molecule has 30 heavy (non-hydrogen) atoms. The van der Waals surface area contributed by atoms with Crippen molar-refractivity contribution in [1.29, 1.82) is 0 Å². The number of benzene rings is 2. The minimum absolute atomic E-state index is 0.518. The van der Waals surface area contributed by atoms with Gasteiger partial charge in [0.05, 0.1) is 24.8 Å². The van der Waals surface area contributed by atoms with E-state index >= 15 is 0 Å². The molecule has 0 atom stereocenters. The minimum atomic E-state index is -5.21. The van der Waals surface area contributed by atoms with Crippen LogP contribution in [0.3, 0.4) is 0 Å². The molecule has 2 aromatic carbocycles. The Labute approximate surface area is 168 Å². The molecule has 0 aliphatic rings. The molecule has 0 amide bonds. The summed E-state index contributed by atoms with van der Waals surface area (Å²) in [7, 11) is 1.70. The molecule has 0 aliphatic carbocycles. The third-order valence-electron chi connectivity index (χ3n) is 3.50. The number of alkyl halides is 5. The number of hydrogen-bond donors (Lipinski definition) is 0. The molecule has 5 nitrogen and oxygen atoms in total. The molecule has 0 bridgehead atoms. The van der Waals surface area contributed by atoms with E-state index in [-0.39, 0.29) is 0 Å². The van der Waals surface area contributed by atoms with Gasteiger partial charge in [-0.05, 0) is 12.1 Å². The molecule has 0 N–H and O–H groups in total. The number of carbonyl (C=O) groups is 1. The minimum Gasteiger partial charge on any atom is -0.490 e. The van der Waals surface area contributed by atoms with Crippen LogP contribution in [0.1, 0.15) is 22.3 Å². The monoisotopic (exact) mass is 462 g/mol. The zero-order chi connectivity index (χ0) is 22.8. The standard InChI is InChI=1S/C17H10ClF7O5/c1-27-14-8(4-3-7(12(14)19)30-17(23,24)25)29-9-5-6(18)10(15(21)22)13(20)11(9)16(26)28-2/h3-5,15H,1-2H3. The van der Waals surface area contributed by atoms with Gasteiger partial charge in [-0.3, -0.25) is 0 Å². The highest BCUT2D eigenvalue weighted by Crippen LogP contribution is 2.43. The average Bonchev–Trinajstić information content (AvgIpc) is 2.62. The van der Waals surface area contributed by atoms with Crippen LogP contribution in [0.25, 0.3) is 0 Å². The van der Waals surface area contributed by atoms with Gasteiger partial charge in [-0.1, -0.05) is 11.6 Å². The molecule has 164 valence electrons. The van der Waals surface area contributed by atoms with Gasteiger partial charge in [-0.2, -0.15) is 4.39 Å². The Morgan fingerprint density at radius 2 is 1.63 bits per heavy atom. The molecule has 0 unspecified atom stereocenters. The summed E-state index contributed by atoms with van der Waals surface area (Å²) in [6, 6.07) is 1.90. The lowest BCUT2D eigenvalue weighted by Crippen LogP contribution is -2.18. The van der Waals surface area contributed by atoms with Crippen molar-refractivity contribution in [3.63, 3.8) is 0 Å². The normalized spacial score (nSPS) is 11.4. The molecule has 2 aromatic rings. The van der Waals surface area contributed by atoms with Gasteiger partial charge in [-0.15, -0.1) is 13.2 Å². The van der Waals surface area contributed by atoms with Gasteiger partial charge in [0.1, 0.15) is 11.3 Å². The second-order valence-electron chi connectivity index (χ2n) is 5.31. The largest absolute Gasteiger partial charge is 0.573 e. The maximum absolute atomic E-state index is 14.5. The van der Waals surface area contributed by atoms with Crippen LogP contribution in [-0.2, 0) is 4.74 Å². The molecule has 2 rings (SSSR count). The maximum Gasteiger partial charge on any atom is 0.573 e. The molecule has 0 saturated heterocycles. The molecule has 0 heterocycles. The Balaban J connectivity index is 2.62. The number of ether oxygens (including phenoxy) is 4. The maximum atomic E-state index is 14.5. The van der Waals surface area contributed by atoms with E-state index < -0.39 is 69.5 Å². The Hall–Kier alpha value is -2.89. The third kappa shape index (κ3) is 4.81. The first-order chi connectivity index (χ1) is 13.9. The van der Waals surface area contributed by atoms with Gasteiger partial charge in [0.25, 0.3) is 6.43 Å². The number of rotatable bonds is 6. The Morgan fingerprint density at radius 1 is 1.03 bits per heavy atom. The Bertz CT molecular complexity index is 963. The van der Waals surface area contributed by atoms with Crippen LogP contribution in [0.15, 0.2) is 18.2 Å². The zero-order valence-electron chi connectivity index (χ0n) is 14.9. The summed E-state index contributed by atoms with van der Waals surface area (Å²) in [4.78, 5) is 11.9. The highest BCUT2D eigenvalue weighted by Gasteiger charge is 2.34. The van der Waals surface area contributed by atoms with Crippen molar-refractivity contribution >= 4 is 17.6 Å². The summed E-state index contributed by atoms with van der Waals surface area (Å²) in [5, 5.41) is -0.832. The Kier molecular flexibility index (Phi) is 6.91. The second-order valence-corrected chi connectivity index (χ2v) is 5.72. The second kappa shape index (κ2) is 8.86. The number of methoxy groups -OCH3 is 2. The first kappa shape index (κ1) is 23.4. The van der Waals surface area contributed by atoms with E-state index in [0.717, 1.165) is 20.3 Å². The average molecular weight is 463 g/mol. The van der Waals surface area contributed by atoms with E-state index in [1.807, 2.05) is 0 Å². The van der Waals surface area contributed by atoms with Crippen molar-refractivity contribution in [3.8, 4) is 23.0 Å². The third-order valence-corrected chi connectivity index (χ3v) is 3.81. The van der Waals surface area contributed by atoms with E-state index in [1.165, 1.54) is 0 Å². The van der Waals surface area contributed by atoms with Crippen molar-refractivity contribution < 1.29 is 54.5 Å². The fraction of sp³-hybridized carbons (Fsp3) is 0.235. The van der Waals surface area contributed by atoms with Crippen LogP contribution < -0.4 is 14.2 Å². The predicted molar refractivity (Wildman–Crippen MR) is 87.4 cm³/mol. The number of esters is 1. The lowest BCUT2D eigenvalue weighted by molar-refractivity contribution is -0.275. The summed E-state index contributed by atoms with van der Waals surface area (Å²) in [6.45, 7) is 0. The SMILES string of the molecule is COC(=O)c1c(Oc2ccc(OC(F)(F)F)c(F)c2OC)cc(Cl)c(C(F)F)c1F. The van der Waals surface area contributed by atoms with Gasteiger partial charge in [-0.25, -0.2) is 18.0 Å². The lowest BCUT2D eigenvalue weighted by atomic mass is 10.1. The molecule has 0 radical (unpaired) electrons. The van der Waals surface area contributed by atoms with E-state index in [1.54, 1.807) is 0 Å². The summed E-state index contributed by atoms with van der Waals surface area (Å²) in [5.74, 6) is -8.43. The Morgan fingerprint density at radius 3 is 2.13 bits per heavy atom. The number of halogens is 8. The number of carbonyl (C=O) groups excluding carboxylic acids is 1. The van der Waals surface area contributed by atoms with Gasteiger partial charge in [0, 0.05) is 6.07 Å². The molecular formula is C17H10ClF7O5. The summed E-state index contributed by atoms with van der Waals surface area (Å²) in [5.41, 5.74) is -2.41. The van der Waals surface area contributed by atoms with E-state index in [2.05, 4.69) is 14.2 Å². The smallest absolute Gasteiger partial charge is 0.490 e. The fourth-order valence-electron chi connectivity index (χ4n) is 2.30. The summed E-state index contributed by atoms with van der Waals surface area (Å²) >= 11 is 5.62. The zero-order valence-corrected chi connectivity index (χ0v) is 15.6. The predicted octanol–water partition coefficient (Wildman–Crippen LogP) is 6.04. The van der Waals surface area contributed by atoms with E-state index in [4.69, 9.17) is 16.3 Å². The van der Waals surface area contributed by atoms with Crippen LogP contribution in [-0.4, -0.2) is 26.6 Å². The summed E-state index contributed by atoms with van der Waals surface area (Å²) in [6.07, 6.45) is -8.62. The number of hydrogen-bond acceptors (Lipinski definition) is 5. The van der Waals surface area contributed by atoms with Crippen LogP contribution in [0.2, 0.25) is 5.02 Å². The van der Waals surface area contributed by atoms with Crippen LogP contribution >= 0.6 is 11.6 Å². The summed E-state index contributed by atoms with van der Waals surface area (Å²) < 4.78 is 110. The molecule has 0 saturated carbocycles. The molecule has 0 aromatic heterocycles. The molecular weight excluding hydrogens is 453 g/mol. The highest BCUT2D eigenvalue weighted by atomic mass is 35.5. The van der Waals surface area contributed by atoms with Gasteiger partial charge < -0.3 is 18.9 Å². The first-order valence-electron chi connectivity index (χ1n) is 7.59. The first-order valence-corrected chi connectivity index (χ1v) is 7.97. The van der Waals surface area contributed by atoms with Crippen molar-refractivity contribution in [2.45, 2.75) is 12.8 Å². The molecule has 0 fully saturated rings. The lowest BCUT2D eigenvalue weighted by Gasteiger charge is -2.17. The van der Waals surface area contributed by atoms with Crippen molar-refractivity contribution in [3.05, 3.63) is 46.0 Å². The van der Waals surface area contributed by atoms with Crippen molar-refractivity contribution in [1.82, 2.24) is 0 Å². The van der Waals surface area contributed by atoms with Crippen LogP contribution in [0.5, 0.6) is 23.0 Å². The fourth-order valence-corrected chi connectivity index (χ4v) is 2.56. The van der Waals surface area contributed by atoms with Crippen LogP contribution in [0, 0.1) is 11.6 Å². The van der Waals surface area contributed by atoms with E-state index in [9.17, 15) is 35.5 Å². The topological polar surface area (TPSA) is 54.0 Å². The van der Waals surface area contributed by atoms with Gasteiger partial charge in [0.15, 0.2) is 17.3 Å². The van der Waals surface area contributed by atoms with Crippen molar-refractivity contribution in [2.75, 3.05) is 14.2 Å². The quantitative estimate of drug-likeness (QED) is 0.387. The molecule has 13 heteroatoms. The van der Waals surface area contributed by atoms with Crippen LogP contribution in [0.4, 0.5) is 30.7 Å². The van der Waals surface area contributed by atoms with Gasteiger partial charge in [0.2, 0.25) is 11.6 Å². The highest BCUT2D eigenvalue weighted by molar-refractivity contribution is 6.31. The van der Waals surface area contributed by atoms with Crippen molar-refractivity contribution in [2.24, 2.45) is 0 Å². The molecule has 0 spiro atoms. The van der Waals surface area contributed by atoms with Gasteiger partial charge >= 0.3 is 12.3 Å². The van der Waals surface area contributed by atoms with E-state index in [0.29, 0.717) is 12.1 Å². The molecule has 0 aliphatic heterocycles.